The highest BCUT2D eigenvalue weighted by Crippen LogP contribution is 2.52. The summed E-state index contributed by atoms with van der Waals surface area (Å²) in [6.45, 7) is 20.5. The first-order valence-electron chi connectivity index (χ1n) is 34.2. The van der Waals surface area contributed by atoms with Crippen molar-refractivity contribution in [2.24, 2.45) is 0 Å². The number of fused-ring (bicyclic) bond motifs is 10. The van der Waals surface area contributed by atoms with E-state index in [4.69, 9.17) is 4.74 Å². The van der Waals surface area contributed by atoms with Crippen LogP contribution in [0.1, 0.15) is 84.6 Å². The SMILES string of the molecule is CC(C)(C)c1ccc(N2c3cc(-n4c5ccc(C(C)(C)C)cc5c5cc(C(C)(C)C)ccc54)ccc3B3c4ccc(-n5c6ccccc6c6ccccc65)cc4Oc4cc(-c5cc(C#N)ccc5N(c5ccccc5)c5ccccc5-c5ccccc5)cc2c43)c(-c2ccccc2)c1. The Kier molecular flexibility index (Phi) is 14.0. The standard InChI is InChI=1S/C91H74BN5O/c1-89(2,3)62-38-46-81(72(52-62)60-27-15-11-16-28-60)97-84-55-66(95-82-47-39-63(90(4,5)6)53-73(82)74-54-64(91(7,8)9)40-48-83(74)95)41-43-75(84)92-76-44-42-67(96-78-35-23-20-32-69(78)70-33-21-24-36-79(70)96)56-86(76)98-87-51-61(50-85(97)88(87)92)71-49-58(57-93)37-45-80(71)94(65-29-17-12-18-30-65)77-34-22-19-31-68(77)59-25-13-10-14-26-59/h10-56H,1-9H3. The Hall–Kier alpha value is -11.6. The lowest BCUT2D eigenvalue weighted by Gasteiger charge is -2.41. The number of anilines is 6. The minimum absolute atomic E-state index is 0.0614. The molecule has 2 aliphatic rings. The van der Waals surface area contributed by atoms with E-state index < -0.39 is 0 Å². The molecule has 6 nitrogen and oxygen atoms in total. The number of benzene rings is 13. The summed E-state index contributed by atoms with van der Waals surface area (Å²) in [6, 6.07) is 107. The molecule has 2 aromatic heterocycles. The predicted molar refractivity (Wildman–Crippen MR) is 413 cm³/mol. The third kappa shape index (κ3) is 9.91. The molecule has 98 heavy (non-hydrogen) atoms. The second-order valence-corrected chi connectivity index (χ2v) is 29.7. The summed E-state index contributed by atoms with van der Waals surface area (Å²) in [6.07, 6.45) is 0. The number of ether oxygens (including phenoxy) is 1. The van der Waals surface area contributed by atoms with Gasteiger partial charge in [0, 0.05) is 72.7 Å². The highest BCUT2D eigenvalue weighted by molar-refractivity contribution is 6.99. The molecule has 0 atom stereocenters. The van der Waals surface area contributed by atoms with Crippen molar-refractivity contribution in [3.63, 3.8) is 0 Å². The van der Waals surface area contributed by atoms with Gasteiger partial charge in [-0.3, -0.25) is 0 Å². The van der Waals surface area contributed by atoms with Gasteiger partial charge >= 0.3 is 0 Å². The Morgan fingerprint density at radius 1 is 0.357 bits per heavy atom. The summed E-state index contributed by atoms with van der Waals surface area (Å²) >= 11 is 0. The number of rotatable bonds is 9. The number of hydrogen-bond acceptors (Lipinski definition) is 4. The maximum Gasteiger partial charge on any atom is 0.256 e. The van der Waals surface area contributed by atoms with Crippen molar-refractivity contribution in [2.45, 2.75) is 78.6 Å². The van der Waals surface area contributed by atoms with Gasteiger partial charge in [0.15, 0.2) is 0 Å². The lowest BCUT2D eigenvalue weighted by Crippen LogP contribution is -2.59. The van der Waals surface area contributed by atoms with Gasteiger partial charge in [-0.2, -0.15) is 5.26 Å². The zero-order valence-electron chi connectivity index (χ0n) is 56.9. The lowest BCUT2D eigenvalue weighted by molar-refractivity contribution is 0.487. The largest absolute Gasteiger partial charge is 0.458 e. The van der Waals surface area contributed by atoms with Gasteiger partial charge in [0.05, 0.1) is 50.8 Å². The van der Waals surface area contributed by atoms with Crippen molar-refractivity contribution >= 4 is 101 Å². The Bertz CT molecular complexity index is 5630. The van der Waals surface area contributed by atoms with Gasteiger partial charge < -0.3 is 23.7 Å². The maximum absolute atomic E-state index is 11.1. The fraction of sp³-hybridized carbons (Fsp3) is 0.132. The van der Waals surface area contributed by atoms with Crippen LogP contribution in [0.4, 0.5) is 34.1 Å². The molecule has 17 rings (SSSR count). The summed E-state index contributed by atoms with van der Waals surface area (Å²) in [5.41, 5.74) is 26.2. The number of aromatic nitrogens is 2. The third-order valence-corrected chi connectivity index (χ3v) is 20.4. The Labute approximate surface area is 574 Å². The molecule has 15 aromatic rings. The molecule has 2 aliphatic heterocycles. The van der Waals surface area contributed by atoms with Gasteiger partial charge in [0.1, 0.15) is 11.5 Å². The Morgan fingerprint density at radius 2 is 0.867 bits per heavy atom. The second kappa shape index (κ2) is 22.8. The average Bonchev–Trinajstić information content (AvgIpc) is 0.788. The average molecular weight is 1260 g/mol. The van der Waals surface area contributed by atoms with Gasteiger partial charge in [-0.05, 0) is 181 Å². The van der Waals surface area contributed by atoms with Crippen LogP contribution in [0.2, 0.25) is 0 Å². The minimum Gasteiger partial charge on any atom is -0.458 e. The number of nitriles is 1. The summed E-state index contributed by atoms with van der Waals surface area (Å²) in [7, 11) is 0. The molecule has 0 radical (unpaired) electrons. The summed E-state index contributed by atoms with van der Waals surface area (Å²) in [4.78, 5) is 4.91. The van der Waals surface area contributed by atoms with E-state index >= 15 is 0 Å². The molecule has 0 amide bonds. The Balaban J connectivity index is 0.983. The van der Waals surface area contributed by atoms with Gasteiger partial charge in [0.25, 0.3) is 6.71 Å². The normalized spacial score (nSPS) is 12.8. The van der Waals surface area contributed by atoms with E-state index in [1.807, 2.05) is 6.07 Å². The molecule has 0 bridgehead atoms. The van der Waals surface area contributed by atoms with E-state index in [-0.39, 0.29) is 23.0 Å². The van der Waals surface area contributed by atoms with Crippen molar-refractivity contribution in [2.75, 3.05) is 9.80 Å². The van der Waals surface area contributed by atoms with Crippen molar-refractivity contribution in [1.29, 1.82) is 5.26 Å². The number of hydrogen-bond donors (Lipinski definition) is 0. The molecule has 0 spiro atoms. The zero-order valence-corrected chi connectivity index (χ0v) is 56.9. The predicted octanol–water partition coefficient (Wildman–Crippen LogP) is 22.5. The molecular weight excluding hydrogens is 1190 g/mol. The van der Waals surface area contributed by atoms with E-state index in [0.29, 0.717) is 5.56 Å². The molecule has 0 unspecified atom stereocenters. The van der Waals surface area contributed by atoms with Gasteiger partial charge in [0.2, 0.25) is 0 Å². The number of nitrogens with zero attached hydrogens (tertiary/aromatic N) is 5. The van der Waals surface area contributed by atoms with Crippen LogP contribution in [0.15, 0.2) is 285 Å². The maximum atomic E-state index is 11.1. The summed E-state index contributed by atoms with van der Waals surface area (Å²) in [5, 5.41) is 16.0. The van der Waals surface area contributed by atoms with Crippen LogP contribution >= 0.6 is 0 Å². The molecule has 0 saturated carbocycles. The molecule has 13 aromatic carbocycles. The molecule has 7 heteroatoms. The molecule has 0 fully saturated rings. The van der Waals surface area contributed by atoms with Crippen LogP contribution in [0.3, 0.4) is 0 Å². The molecule has 472 valence electrons. The highest BCUT2D eigenvalue weighted by Gasteiger charge is 2.44. The van der Waals surface area contributed by atoms with Gasteiger partial charge in [-0.15, -0.1) is 0 Å². The van der Waals surface area contributed by atoms with E-state index in [2.05, 4.69) is 366 Å². The fourth-order valence-electron chi connectivity index (χ4n) is 15.4. The topological polar surface area (TPSA) is 49.4 Å². The van der Waals surface area contributed by atoms with Gasteiger partial charge in [-0.1, -0.05) is 226 Å². The van der Waals surface area contributed by atoms with Crippen molar-refractivity contribution in [1.82, 2.24) is 9.13 Å². The van der Waals surface area contributed by atoms with E-state index in [1.165, 1.54) is 38.2 Å². The lowest BCUT2D eigenvalue weighted by atomic mass is 9.34. The van der Waals surface area contributed by atoms with E-state index in [1.54, 1.807) is 0 Å². The third-order valence-electron chi connectivity index (χ3n) is 20.4. The second-order valence-electron chi connectivity index (χ2n) is 29.7. The van der Waals surface area contributed by atoms with Crippen LogP contribution in [-0.4, -0.2) is 15.8 Å². The monoisotopic (exact) mass is 1260 g/mol. The van der Waals surface area contributed by atoms with E-state index in [0.717, 1.165) is 129 Å². The summed E-state index contributed by atoms with van der Waals surface area (Å²) < 4.78 is 12.6. The zero-order chi connectivity index (χ0) is 66.9. The molecule has 4 heterocycles. The smallest absolute Gasteiger partial charge is 0.256 e. The minimum atomic E-state index is -0.273. The first-order chi connectivity index (χ1) is 47.5. The quantitative estimate of drug-likeness (QED) is 0.135. The molecular formula is C91H74BN5O. The molecule has 0 aliphatic carbocycles. The van der Waals surface area contributed by atoms with Crippen LogP contribution < -0.4 is 30.9 Å². The van der Waals surface area contributed by atoms with Crippen LogP contribution in [-0.2, 0) is 16.2 Å². The number of para-hydroxylation sites is 4. The van der Waals surface area contributed by atoms with E-state index in [9.17, 15) is 5.26 Å². The first-order valence-corrected chi connectivity index (χ1v) is 34.2. The van der Waals surface area contributed by atoms with Gasteiger partial charge in [-0.25, -0.2) is 0 Å². The Morgan fingerprint density at radius 3 is 1.48 bits per heavy atom. The van der Waals surface area contributed by atoms with Crippen LogP contribution in [0, 0.1) is 11.3 Å². The van der Waals surface area contributed by atoms with Crippen molar-refractivity contribution in [3.05, 3.63) is 307 Å². The first kappa shape index (κ1) is 60.1. The van der Waals surface area contributed by atoms with Crippen LogP contribution in [0.25, 0.3) is 88.4 Å². The molecule has 0 saturated heterocycles. The highest BCUT2D eigenvalue weighted by atomic mass is 16.5. The molecule has 0 N–H and O–H groups in total. The van der Waals surface area contributed by atoms with Crippen molar-refractivity contribution in [3.8, 4) is 62.3 Å². The summed E-state index contributed by atoms with van der Waals surface area (Å²) in [5.74, 6) is 1.53. The van der Waals surface area contributed by atoms with Crippen molar-refractivity contribution < 1.29 is 4.74 Å². The fourth-order valence-corrected chi connectivity index (χ4v) is 15.4. The van der Waals surface area contributed by atoms with Crippen LogP contribution in [0.5, 0.6) is 11.5 Å².